The highest BCUT2D eigenvalue weighted by Crippen LogP contribution is 2.68. The van der Waals surface area contributed by atoms with Gasteiger partial charge >= 0.3 is 0 Å². The minimum absolute atomic E-state index is 0.420. The van der Waals surface area contributed by atoms with Gasteiger partial charge < -0.3 is 14.4 Å². The smallest absolute Gasteiger partial charge is 0.194 e. The third-order valence-electron chi connectivity index (χ3n) is 17.1. The molecule has 77 heavy (non-hydrogen) atoms. The van der Waals surface area contributed by atoms with Gasteiger partial charge in [-0.1, -0.05) is 224 Å². The van der Waals surface area contributed by atoms with E-state index < -0.39 is 10.8 Å². The molecule has 5 aliphatic rings. The normalized spacial score (nSPS) is 16.2. The van der Waals surface area contributed by atoms with Crippen molar-refractivity contribution >= 4 is 22.6 Å². The van der Waals surface area contributed by atoms with Crippen LogP contribution in [0.15, 0.2) is 279 Å². The lowest BCUT2D eigenvalue weighted by molar-refractivity contribution is 0.361. The zero-order valence-electron chi connectivity index (χ0n) is 42.2. The van der Waals surface area contributed by atoms with E-state index in [0.717, 1.165) is 46.8 Å². The highest BCUT2D eigenvalue weighted by molar-refractivity contribution is 6.00. The molecule has 0 radical (unpaired) electrons. The molecule has 1 aliphatic heterocycles. The van der Waals surface area contributed by atoms with E-state index in [4.69, 9.17) is 9.47 Å². The van der Waals surface area contributed by atoms with E-state index >= 15 is 0 Å². The Morgan fingerprint density at radius 1 is 0.351 bits per heavy atom. The van der Waals surface area contributed by atoms with Crippen LogP contribution >= 0.6 is 0 Å². The van der Waals surface area contributed by atoms with Gasteiger partial charge in [0.25, 0.3) is 0 Å². The van der Waals surface area contributed by atoms with Crippen LogP contribution in [-0.4, -0.2) is 0 Å². The van der Waals surface area contributed by atoms with Gasteiger partial charge in [-0.05, 0) is 156 Å². The van der Waals surface area contributed by atoms with E-state index in [1.165, 1.54) is 89.0 Å². The third kappa shape index (κ3) is 6.20. The van der Waals surface area contributed by atoms with Crippen LogP contribution in [-0.2, 0) is 10.8 Å². The molecule has 362 valence electrons. The van der Waals surface area contributed by atoms with Gasteiger partial charge in [0.2, 0.25) is 0 Å². The van der Waals surface area contributed by atoms with Gasteiger partial charge in [-0.15, -0.1) is 0 Å². The van der Waals surface area contributed by atoms with Crippen molar-refractivity contribution in [2.24, 2.45) is 0 Å². The van der Waals surface area contributed by atoms with Crippen molar-refractivity contribution in [3.63, 3.8) is 0 Å². The number of fused-ring (bicyclic) bond motifs is 15. The summed E-state index contributed by atoms with van der Waals surface area (Å²) in [5, 5.41) is 0. The highest BCUT2D eigenvalue weighted by atomic mass is 16.6. The second kappa shape index (κ2) is 16.9. The monoisotopic (exact) mass is 983 g/mol. The zero-order chi connectivity index (χ0) is 50.7. The Kier molecular flexibility index (Phi) is 9.59. The lowest BCUT2D eigenvalue weighted by Gasteiger charge is -2.35. The molecule has 0 saturated heterocycles. The van der Waals surface area contributed by atoms with Gasteiger partial charge in [0.15, 0.2) is 23.0 Å². The van der Waals surface area contributed by atoms with Crippen LogP contribution in [0.3, 0.4) is 0 Å². The standard InChI is InChI=1S/C74H49NO2/c1-5-20-48(21-6-1)50-36-39-54(40-37-50)75(55-41-43-59-58-42-38-51(49-22-7-2-8-23-49)46-65(58)73(66(59)47-55,52-24-9-3-10-25-52)53-26-11-4-12-27-53)67-34-19-35-68-71(67)76-69-45-44-64-70(72(69)77-68)60-30-15-18-33-63(60)74(64)61-31-16-13-28-56(61)57-29-14-17-32-62(57)74/h1-16,18-31,33-47H,17,32H2. The summed E-state index contributed by atoms with van der Waals surface area (Å²) < 4.78 is 14.8. The van der Waals surface area contributed by atoms with Crippen molar-refractivity contribution in [1.82, 2.24) is 0 Å². The van der Waals surface area contributed by atoms with Gasteiger partial charge in [-0.2, -0.15) is 0 Å². The van der Waals surface area contributed by atoms with Crippen LogP contribution in [0.2, 0.25) is 0 Å². The molecule has 16 rings (SSSR count). The minimum Gasteiger partial charge on any atom is -0.449 e. The molecular weight excluding hydrogens is 935 g/mol. The van der Waals surface area contributed by atoms with E-state index in [1.54, 1.807) is 0 Å². The Balaban J connectivity index is 0.893. The summed E-state index contributed by atoms with van der Waals surface area (Å²) >= 11 is 0. The number of allylic oxidation sites excluding steroid dienone is 4. The molecule has 0 saturated carbocycles. The molecule has 0 aromatic heterocycles. The number of nitrogens with zero attached hydrogens (tertiary/aromatic N) is 1. The van der Waals surface area contributed by atoms with Crippen LogP contribution in [0.25, 0.3) is 50.1 Å². The molecule has 11 aromatic carbocycles. The summed E-state index contributed by atoms with van der Waals surface area (Å²) in [5.74, 6) is 2.79. The molecule has 1 spiro atoms. The maximum atomic E-state index is 7.38. The van der Waals surface area contributed by atoms with Crippen LogP contribution in [0.4, 0.5) is 17.1 Å². The number of ether oxygens (including phenoxy) is 2. The van der Waals surface area contributed by atoms with Crippen molar-refractivity contribution in [3.05, 3.63) is 323 Å². The Bertz CT molecular complexity index is 4210. The Labute approximate surface area is 449 Å². The second-order valence-electron chi connectivity index (χ2n) is 20.9. The number of benzene rings is 11. The number of hydrogen-bond acceptors (Lipinski definition) is 3. The summed E-state index contributed by atoms with van der Waals surface area (Å²) in [6.45, 7) is 0. The summed E-state index contributed by atoms with van der Waals surface area (Å²) in [4.78, 5) is 2.36. The highest BCUT2D eigenvalue weighted by Gasteiger charge is 2.54. The summed E-state index contributed by atoms with van der Waals surface area (Å²) in [6.07, 6.45) is 6.71. The van der Waals surface area contributed by atoms with Crippen molar-refractivity contribution in [2.45, 2.75) is 23.7 Å². The maximum Gasteiger partial charge on any atom is 0.194 e. The number of anilines is 3. The van der Waals surface area contributed by atoms with E-state index in [2.05, 4.69) is 278 Å². The molecule has 1 atom stereocenters. The predicted molar refractivity (Wildman–Crippen MR) is 313 cm³/mol. The molecule has 0 bridgehead atoms. The van der Waals surface area contributed by atoms with E-state index in [-0.39, 0.29) is 0 Å². The van der Waals surface area contributed by atoms with Gasteiger partial charge in [0.1, 0.15) is 0 Å². The average molecular weight is 984 g/mol. The Morgan fingerprint density at radius 3 is 1.61 bits per heavy atom. The Morgan fingerprint density at radius 2 is 0.896 bits per heavy atom. The molecule has 1 unspecified atom stereocenters. The van der Waals surface area contributed by atoms with Crippen molar-refractivity contribution in [2.75, 3.05) is 4.90 Å². The molecule has 0 amide bonds. The fourth-order valence-corrected chi connectivity index (χ4v) is 14.0. The summed E-state index contributed by atoms with van der Waals surface area (Å²) in [6, 6.07) is 95.4. The number of hydrogen-bond donors (Lipinski definition) is 0. The van der Waals surface area contributed by atoms with Crippen LogP contribution in [0, 0.1) is 0 Å². The molecule has 0 fully saturated rings. The van der Waals surface area contributed by atoms with Crippen molar-refractivity contribution < 1.29 is 9.47 Å². The first-order valence-electron chi connectivity index (χ1n) is 26.9. The van der Waals surface area contributed by atoms with Crippen LogP contribution in [0.1, 0.15) is 57.3 Å². The lowest BCUT2D eigenvalue weighted by Crippen LogP contribution is -2.28. The molecule has 1 heterocycles. The third-order valence-corrected chi connectivity index (χ3v) is 17.1. The number of para-hydroxylation sites is 1. The minimum atomic E-state index is -0.649. The number of rotatable bonds is 7. The van der Waals surface area contributed by atoms with E-state index in [1.807, 2.05) is 0 Å². The van der Waals surface area contributed by atoms with Gasteiger partial charge in [-0.3, -0.25) is 0 Å². The molecule has 3 heteroatoms. The van der Waals surface area contributed by atoms with Crippen molar-refractivity contribution in [1.29, 1.82) is 0 Å². The van der Waals surface area contributed by atoms with Crippen LogP contribution < -0.4 is 14.4 Å². The first-order chi connectivity index (χ1) is 38.2. The molecular formula is C74H49NO2. The summed E-state index contributed by atoms with van der Waals surface area (Å²) in [7, 11) is 0. The van der Waals surface area contributed by atoms with Gasteiger partial charge in [-0.25, -0.2) is 0 Å². The van der Waals surface area contributed by atoms with Gasteiger partial charge in [0, 0.05) is 16.9 Å². The predicted octanol–water partition coefficient (Wildman–Crippen LogP) is 19.2. The molecule has 11 aromatic rings. The van der Waals surface area contributed by atoms with Crippen molar-refractivity contribution in [3.8, 4) is 67.5 Å². The SMILES string of the molecule is C1=CC2=C(CC1)C1(c3ccccc32)c2ccccc2-c2c1ccc1c2Oc2cccc(N(c3ccc(-c4ccccc4)cc3)c3ccc4c(c3)C(c3ccccc3)(c3ccccc3)c3cc(-c5ccccc5)ccc3-4)c2O1. The zero-order valence-corrected chi connectivity index (χ0v) is 42.2. The van der Waals surface area contributed by atoms with E-state index in [0.29, 0.717) is 17.2 Å². The topological polar surface area (TPSA) is 21.7 Å². The van der Waals surface area contributed by atoms with Gasteiger partial charge in [0.05, 0.1) is 16.5 Å². The fourth-order valence-electron chi connectivity index (χ4n) is 14.0. The average Bonchev–Trinajstić information content (AvgIpc) is 4.31. The lowest BCUT2D eigenvalue weighted by atomic mass is 9.67. The van der Waals surface area contributed by atoms with Crippen LogP contribution in [0.5, 0.6) is 23.0 Å². The molecule has 4 aliphatic carbocycles. The second-order valence-corrected chi connectivity index (χ2v) is 20.9. The fraction of sp³-hybridized carbons (Fsp3) is 0.0541. The molecule has 0 N–H and O–H groups in total. The quantitative estimate of drug-likeness (QED) is 0.159. The summed E-state index contributed by atoms with van der Waals surface area (Å²) in [5.41, 5.74) is 24.2. The first kappa shape index (κ1) is 43.7. The first-order valence-corrected chi connectivity index (χ1v) is 26.9. The largest absolute Gasteiger partial charge is 0.449 e. The Hall–Kier alpha value is -9.70. The van der Waals surface area contributed by atoms with E-state index in [9.17, 15) is 0 Å². The maximum absolute atomic E-state index is 7.38. The molecule has 3 nitrogen and oxygen atoms in total.